The molecule has 0 aliphatic carbocycles. The van der Waals surface area contributed by atoms with E-state index in [4.69, 9.17) is 9.47 Å². The van der Waals surface area contributed by atoms with Crippen molar-refractivity contribution in [2.24, 2.45) is 0 Å². The van der Waals surface area contributed by atoms with E-state index in [9.17, 15) is 9.59 Å². The van der Waals surface area contributed by atoms with Gasteiger partial charge in [0.05, 0.1) is 18.2 Å². The molecule has 2 aromatic carbocycles. The number of carbonyl (C=O) groups is 2. The number of hydrogen-bond acceptors (Lipinski definition) is 4. The normalized spacial score (nSPS) is 13.6. The zero-order valence-electron chi connectivity index (χ0n) is 14.3. The van der Waals surface area contributed by atoms with E-state index in [-0.39, 0.29) is 24.4 Å². The van der Waals surface area contributed by atoms with Gasteiger partial charge in [-0.1, -0.05) is 18.2 Å². The summed E-state index contributed by atoms with van der Waals surface area (Å²) in [4.78, 5) is 24.3. The highest BCUT2D eigenvalue weighted by Gasteiger charge is 2.16. The van der Waals surface area contributed by atoms with E-state index in [0.29, 0.717) is 30.3 Å². The molecule has 0 aromatic heterocycles. The van der Waals surface area contributed by atoms with Crippen LogP contribution in [0.2, 0.25) is 0 Å². The maximum Gasteiger partial charge on any atom is 0.252 e. The number of ether oxygens (including phenoxy) is 2. The standard InChI is InChI=1S/C19H19IN2O4/c1-12(13-6-7-16-17(10-13)26-9-8-25-16)22-18(23)11-21-19(24)14-4-2-3-5-15(14)20/h2-7,10,12H,8-9,11H2,1H3,(H,21,24)(H,22,23). The van der Waals surface area contributed by atoms with Gasteiger partial charge in [-0.25, -0.2) is 0 Å². The molecule has 136 valence electrons. The van der Waals surface area contributed by atoms with Gasteiger partial charge in [0.15, 0.2) is 11.5 Å². The van der Waals surface area contributed by atoms with Crippen LogP contribution in [0.1, 0.15) is 28.9 Å². The molecule has 0 fully saturated rings. The predicted molar refractivity (Wildman–Crippen MR) is 105 cm³/mol. The van der Waals surface area contributed by atoms with Crippen LogP contribution in [0, 0.1) is 3.57 Å². The highest BCUT2D eigenvalue weighted by molar-refractivity contribution is 14.1. The highest BCUT2D eigenvalue weighted by atomic mass is 127. The minimum atomic E-state index is -0.267. The van der Waals surface area contributed by atoms with Gasteiger partial charge in [-0.2, -0.15) is 0 Å². The van der Waals surface area contributed by atoms with Gasteiger partial charge in [-0.3, -0.25) is 9.59 Å². The number of hydrogen-bond donors (Lipinski definition) is 2. The number of nitrogens with one attached hydrogen (secondary N) is 2. The summed E-state index contributed by atoms with van der Waals surface area (Å²) in [5, 5.41) is 5.52. The van der Waals surface area contributed by atoms with E-state index in [1.165, 1.54) is 0 Å². The van der Waals surface area contributed by atoms with Crippen LogP contribution in [0.4, 0.5) is 0 Å². The second-order valence-electron chi connectivity index (χ2n) is 5.85. The van der Waals surface area contributed by atoms with Gasteiger partial charge >= 0.3 is 0 Å². The summed E-state index contributed by atoms with van der Waals surface area (Å²) < 4.78 is 11.9. The quantitative estimate of drug-likeness (QED) is 0.665. The van der Waals surface area contributed by atoms with Crippen molar-refractivity contribution in [3.05, 3.63) is 57.2 Å². The number of fused-ring (bicyclic) bond motifs is 1. The van der Waals surface area contributed by atoms with Crippen molar-refractivity contribution in [1.29, 1.82) is 0 Å². The molecule has 0 bridgehead atoms. The lowest BCUT2D eigenvalue weighted by Gasteiger charge is -2.21. The third-order valence-electron chi connectivity index (χ3n) is 3.97. The van der Waals surface area contributed by atoms with Crippen molar-refractivity contribution < 1.29 is 19.1 Å². The van der Waals surface area contributed by atoms with Crippen LogP contribution in [-0.4, -0.2) is 31.6 Å². The van der Waals surface area contributed by atoms with Crippen molar-refractivity contribution in [3.63, 3.8) is 0 Å². The van der Waals surface area contributed by atoms with Crippen molar-refractivity contribution in [2.75, 3.05) is 19.8 Å². The van der Waals surface area contributed by atoms with Crippen LogP contribution < -0.4 is 20.1 Å². The van der Waals surface area contributed by atoms with Gasteiger partial charge < -0.3 is 20.1 Å². The Balaban J connectivity index is 1.54. The van der Waals surface area contributed by atoms with Gasteiger partial charge in [0.2, 0.25) is 5.91 Å². The molecule has 0 spiro atoms. The third-order valence-corrected chi connectivity index (χ3v) is 4.91. The minimum Gasteiger partial charge on any atom is -0.486 e. The summed E-state index contributed by atoms with van der Waals surface area (Å²) >= 11 is 2.09. The topological polar surface area (TPSA) is 76.7 Å². The molecule has 1 unspecified atom stereocenters. The fourth-order valence-electron chi connectivity index (χ4n) is 2.61. The molecule has 1 aliphatic heterocycles. The lowest BCUT2D eigenvalue weighted by atomic mass is 10.1. The summed E-state index contributed by atoms with van der Waals surface area (Å²) in [5.74, 6) is 0.869. The fraction of sp³-hybridized carbons (Fsp3) is 0.263. The average Bonchev–Trinajstić information content (AvgIpc) is 2.66. The molecule has 6 nitrogen and oxygen atoms in total. The summed E-state index contributed by atoms with van der Waals surface area (Å²) in [6.07, 6.45) is 0. The van der Waals surface area contributed by atoms with Gasteiger partial charge in [-0.05, 0) is 59.3 Å². The highest BCUT2D eigenvalue weighted by Crippen LogP contribution is 2.32. The Kier molecular flexibility index (Phi) is 5.97. The zero-order chi connectivity index (χ0) is 18.5. The second-order valence-corrected chi connectivity index (χ2v) is 7.02. The Morgan fingerprint density at radius 3 is 2.62 bits per heavy atom. The molecule has 1 heterocycles. The summed E-state index contributed by atoms with van der Waals surface area (Å²) in [6.45, 7) is 2.85. The lowest BCUT2D eigenvalue weighted by Crippen LogP contribution is -2.38. The summed E-state index contributed by atoms with van der Waals surface area (Å²) in [5.41, 5.74) is 1.47. The summed E-state index contributed by atoms with van der Waals surface area (Å²) in [6, 6.07) is 12.6. The monoisotopic (exact) mass is 466 g/mol. The maximum absolute atomic E-state index is 12.2. The molecule has 1 atom stereocenters. The molecule has 0 saturated carbocycles. The second kappa shape index (κ2) is 8.39. The molecule has 2 aromatic rings. The zero-order valence-corrected chi connectivity index (χ0v) is 16.4. The first-order valence-corrected chi connectivity index (χ1v) is 9.34. The summed E-state index contributed by atoms with van der Waals surface area (Å²) in [7, 11) is 0. The van der Waals surface area contributed by atoms with Crippen LogP contribution in [0.5, 0.6) is 11.5 Å². The lowest BCUT2D eigenvalue weighted by molar-refractivity contribution is -0.120. The first-order valence-electron chi connectivity index (χ1n) is 8.26. The third kappa shape index (κ3) is 4.46. The largest absolute Gasteiger partial charge is 0.486 e. The van der Waals surface area contributed by atoms with Crippen LogP contribution in [-0.2, 0) is 4.79 Å². The van der Waals surface area contributed by atoms with Gasteiger partial charge in [0.1, 0.15) is 13.2 Å². The maximum atomic E-state index is 12.2. The van der Waals surface area contributed by atoms with E-state index in [1.54, 1.807) is 12.1 Å². The molecule has 26 heavy (non-hydrogen) atoms. The van der Waals surface area contributed by atoms with Crippen LogP contribution >= 0.6 is 22.6 Å². The molecule has 0 saturated heterocycles. The Labute approximate surface area is 165 Å². The van der Waals surface area contributed by atoms with Crippen molar-refractivity contribution >= 4 is 34.4 Å². The minimum absolute atomic E-state index is 0.0846. The SMILES string of the molecule is CC(NC(=O)CNC(=O)c1ccccc1I)c1ccc2c(c1)OCCO2. The van der Waals surface area contributed by atoms with Gasteiger partial charge in [0.25, 0.3) is 5.91 Å². The van der Waals surface area contributed by atoms with E-state index >= 15 is 0 Å². The van der Waals surface area contributed by atoms with Gasteiger partial charge in [0, 0.05) is 3.57 Å². The van der Waals surface area contributed by atoms with E-state index in [1.807, 2.05) is 37.3 Å². The van der Waals surface area contributed by atoms with Crippen LogP contribution in [0.3, 0.4) is 0 Å². The molecule has 7 heteroatoms. The Hall–Kier alpha value is -2.29. The number of rotatable bonds is 5. The Morgan fingerprint density at radius 1 is 1.12 bits per heavy atom. The molecule has 1 aliphatic rings. The number of halogens is 1. The number of benzene rings is 2. The smallest absolute Gasteiger partial charge is 0.252 e. The molecule has 2 amide bonds. The molecule has 0 radical (unpaired) electrons. The van der Waals surface area contributed by atoms with Crippen molar-refractivity contribution in [1.82, 2.24) is 10.6 Å². The fourth-order valence-corrected chi connectivity index (χ4v) is 3.24. The predicted octanol–water partition coefficient (Wildman–Crippen LogP) is 2.67. The average molecular weight is 466 g/mol. The molecule has 2 N–H and O–H groups in total. The first-order chi connectivity index (χ1) is 12.5. The molecular formula is C19H19IN2O4. The van der Waals surface area contributed by atoms with Crippen LogP contribution in [0.15, 0.2) is 42.5 Å². The number of carbonyl (C=O) groups excluding carboxylic acids is 2. The van der Waals surface area contributed by atoms with Crippen molar-refractivity contribution in [2.45, 2.75) is 13.0 Å². The first kappa shape index (κ1) is 18.5. The molecular weight excluding hydrogens is 447 g/mol. The van der Waals surface area contributed by atoms with E-state index in [0.717, 1.165) is 9.13 Å². The van der Waals surface area contributed by atoms with Crippen LogP contribution in [0.25, 0.3) is 0 Å². The molecule has 3 rings (SSSR count). The number of amides is 2. The Bertz CT molecular complexity index is 825. The van der Waals surface area contributed by atoms with E-state index in [2.05, 4.69) is 33.2 Å². The van der Waals surface area contributed by atoms with Crippen molar-refractivity contribution in [3.8, 4) is 11.5 Å². The van der Waals surface area contributed by atoms with E-state index < -0.39 is 0 Å². The Morgan fingerprint density at radius 2 is 1.85 bits per heavy atom. The van der Waals surface area contributed by atoms with Gasteiger partial charge in [-0.15, -0.1) is 0 Å².